The van der Waals surface area contributed by atoms with Crippen molar-refractivity contribution in [3.05, 3.63) is 129 Å². The van der Waals surface area contributed by atoms with Crippen LogP contribution in [0.4, 0.5) is 0 Å². The van der Waals surface area contributed by atoms with Crippen LogP contribution in [0, 0.1) is 5.92 Å². The first-order valence-electron chi connectivity index (χ1n) is 22.7. The van der Waals surface area contributed by atoms with Crippen LogP contribution in [0.15, 0.2) is 101 Å². The molecule has 0 aromatic heterocycles. The number of hydrogen-bond donors (Lipinski definition) is 0. The summed E-state index contributed by atoms with van der Waals surface area (Å²) in [5.41, 5.74) is 22.0. The van der Waals surface area contributed by atoms with Crippen molar-refractivity contribution in [3.8, 4) is 0 Å². The van der Waals surface area contributed by atoms with E-state index in [4.69, 9.17) is 56.8 Å². The lowest BCUT2D eigenvalue weighted by Crippen LogP contribution is -2.65. The Kier molecular flexibility index (Phi) is 19.9. The molecule has 0 spiro atoms. The Balaban J connectivity index is 1.40. The summed E-state index contributed by atoms with van der Waals surface area (Å²) in [6.07, 6.45) is -14.9. The fraction of sp³-hybridized carbons (Fsp3) is 0.542. The highest BCUT2D eigenvalue weighted by atomic mass is 16.8. The van der Waals surface area contributed by atoms with E-state index in [1.165, 1.54) is 20.8 Å². The number of azide groups is 2. The maximum Gasteiger partial charge on any atom is 0.305 e. The molecule has 22 heteroatoms. The highest BCUT2D eigenvalue weighted by molar-refractivity contribution is 5.67. The van der Waals surface area contributed by atoms with Gasteiger partial charge in [-0.05, 0) is 34.7 Å². The van der Waals surface area contributed by atoms with Crippen LogP contribution in [0.5, 0.6) is 0 Å². The number of nitrogens with zero attached hydrogens (tertiary/aromatic N) is 6. The SMILES string of the molecule is CC(=O)OCC1OC(C)C(N=[N+]=[N-])C(OC(C)=O)C1OC1OC(OC(C)=O)C(OC2OC(COC(C)=O)C(OCc3ccccc3)C(OCc3ccccc3)C2N=[N+]=[N-])C(OCc2ccccc2)C1C. The van der Waals surface area contributed by atoms with Crippen molar-refractivity contribution < 1.29 is 76.0 Å². The second kappa shape index (κ2) is 26.2. The second-order valence-electron chi connectivity index (χ2n) is 16.8. The molecule has 3 aliphatic rings. The van der Waals surface area contributed by atoms with Gasteiger partial charge < -0.3 is 56.8 Å². The zero-order valence-corrected chi connectivity index (χ0v) is 39.6. The molecule has 3 aromatic carbocycles. The van der Waals surface area contributed by atoms with Gasteiger partial charge in [0, 0.05) is 43.4 Å². The molecule has 70 heavy (non-hydrogen) atoms. The van der Waals surface area contributed by atoms with Gasteiger partial charge in [0.15, 0.2) is 12.6 Å². The molecule has 0 N–H and O–H groups in total. The van der Waals surface area contributed by atoms with Crippen molar-refractivity contribution in [3.63, 3.8) is 0 Å². The normalized spacial score (nSPS) is 30.6. The van der Waals surface area contributed by atoms with E-state index in [2.05, 4.69) is 20.1 Å². The topological polar surface area (TPSA) is 277 Å². The summed E-state index contributed by atoms with van der Waals surface area (Å²) in [4.78, 5) is 56.1. The van der Waals surface area contributed by atoms with Crippen LogP contribution in [-0.4, -0.2) is 123 Å². The summed E-state index contributed by atoms with van der Waals surface area (Å²) in [5, 5.41) is 8.01. The van der Waals surface area contributed by atoms with Crippen LogP contribution in [0.1, 0.15) is 58.2 Å². The summed E-state index contributed by atoms with van der Waals surface area (Å²) >= 11 is 0. The Hall–Kier alpha value is -6.16. The monoisotopic (exact) mass is 974 g/mol. The van der Waals surface area contributed by atoms with Gasteiger partial charge in [0.05, 0.1) is 32.0 Å². The first kappa shape index (κ1) is 53.2. The molecular formula is C48H58N6O16. The van der Waals surface area contributed by atoms with E-state index in [0.717, 1.165) is 23.6 Å². The summed E-state index contributed by atoms with van der Waals surface area (Å²) < 4.78 is 74.9. The molecule has 3 aliphatic heterocycles. The molecule has 0 aliphatic carbocycles. The largest absolute Gasteiger partial charge is 0.463 e. The molecule has 15 unspecified atom stereocenters. The highest BCUT2D eigenvalue weighted by Crippen LogP contribution is 2.39. The van der Waals surface area contributed by atoms with E-state index >= 15 is 0 Å². The third-order valence-electron chi connectivity index (χ3n) is 11.6. The Morgan fingerprint density at radius 3 is 1.44 bits per heavy atom. The molecule has 0 saturated carbocycles. The average Bonchev–Trinajstić information content (AvgIpc) is 3.33. The van der Waals surface area contributed by atoms with Crippen LogP contribution in [-0.2, 0) is 95.8 Å². The lowest BCUT2D eigenvalue weighted by molar-refractivity contribution is -0.385. The standard InChI is InChI=1S/C48H58N6O16/c1-27-40(61-22-33-16-10-7-11-17-33)45(48(66-32(6)58)70-46(27)68-42-37(26-60-30(4)56)64-28(2)38(51-53-49)44(42)65-31(5)57)69-47-39(52-54-50)43(63-24-35-20-14-9-15-21-35)41(36(67-47)25-59-29(3)55)62-23-34-18-12-8-13-19-34/h7-21,27-28,36-48H,22-26H2,1-6H3. The van der Waals surface area contributed by atoms with Crippen molar-refractivity contribution in [2.75, 3.05) is 13.2 Å². The van der Waals surface area contributed by atoms with E-state index in [1.54, 1.807) is 13.8 Å². The van der Waals surface area contributed by atoms with Crippen LogP contribution in [0.3, 0.4) is 0 Å². The number of ether oxygens (including phenoxy) is 12. The Labute approximate surface area is 404 Å². The average molecular weight is 975 g/mol. The number of carbonyl (C=O) groups is 4. The first-order chi connectivity index (χ1) is 33.8. The molecule has 3 saturated heterocycles. The smallest absolute Gasteiger partial charge is 0.305 e. The summed E-state index contributed by atoms with van der Waals surface area (Å²) in [5.74, 6) is -3.67. The van der Waals surface area contributed by atoms with Gasteiger partial charge >= 0.3 is 23.9 Å². The molecule has 0 amide bonds. The van der Waals surface area contributed by atoms with Gasteiger partial charge in [-0.2, -0.15) is 0 Å². The molecule has 3 heterocycles. The zero-order valence-electron chi connectivity index (χ0n) is 39.6. The van der Waals surface area contributed by atoms with E-state index in [-0.39, 0.29) is 33.0 Å². The third-order valence-corrected chi connectivity index (χ3v) is 11.6. The van der Waals surface area contributed by atoms with Gasteiger partial charge in [-0.25, -0.2) is 0 Å². The van der Waals surface area contributed by atoms with Gasteiger partial charge in [-0.15, -0.1) is 0 Å². The van der Waals surface area contributed by atoms with Crippen LogP contribution in [0.2, 0.25) is 0 Å². The molecular weight excluding hydrogens is 917 g/mol. The van der Waals surface area contributed by atoms with Crippen molar-refractivity contribution in [2.24, 2.45) is 16.1 Å². The molecule has 15 atom stereocenters. The van der Waals surface area contributed by atoms with Crippen LogP contribution < -0.4 is 0 Å². The predicted octanol–water partition coefficient (Wildman–Crippen LogP) is 6.32. The predicted molar refractivity (Wildman–Crippen MR) is 242 cm³/mol. The number of benzene rings is 3. The molecule has 3 aromatic rings. The van der Waals surface area contributed by atoms with Gasteiger partial charge in [-0.1, -0.05) is 108 Å². The fourth-order valence-electron chi connectivity index (χ4n) is 8.42. The van der Waals surface area contributed by atoms with Gasteiger partial charge in [0.2, 0.25) is 6.29 Å². The highest BCUT2D eigenvalue weighted by Gasteiger charge is 2.56. The maximum absolute atomic E-state index is 13.0. The minimum atomic E-state index is -1.66. The lowest BCUT2D eigenvalue weighted by Gasteiger charge is -2.50. The van der Waals surface area contributed by atoms with E-state index in [1.807, 2.05) is 91.0 Å². The Bertz CT molecular complexity index is 2270. The summed E-state index contributed by atoms with van der Waals surface area (Å²) in [7, 11) is 0. The molecule has 22 nitrogen and oxygen atoms in total. The quantitative estimate of drug-likeness (QED) is 0.0371. The van der Waals surface area contributed by atoms with Gasteiger partial charge in [0.1, 0.15) is 68.0 Å². The summed E-state index contributed by atoms with van der Waals surface area (Å²) in [6.45, 7) is 7.45. The Morgan fingerprint density at radius 2 is 0.957 bits per heavy atom. The van der Waals surface area contributed by atoms with Gasteiger partial charge in [0.25, 0.3) is 0 Å². The van der Waals surface area contributed by atoms with Crippen molar-refractivity contribution in [1.82, 2.24) is 0 Å². The number of carbonyl (C=O) groups excluding carboxylic acids is 4. The third kappa shape index (κ3) is 14.7. The molecule has 0 radical (unpaired) electrons. The van der Waals surface area contributed by atoms with Crippen molar-refractivity contribution in [1.29, 1.82) is 0 Å². The molecule has 0 bridgehead atoms. The van der Waals surface area contributed by atoms with E-state index < -0.39 is 116 Å². The number of esters is 4. The molecule has 376 valence electrons. The minimum absolute atomic E-state index is 0.0119. The second-order valence-corrected chi connectivity index (χ2v) is 16.8. The van der Waals surface area contributed by atoms with E-state index in [0.29, 0.717) is 0 Å². The van der Waals surface area contributed by atoms with Gasteiger partial charge in [-0.3, -0.25) is 19.2 Å². The van der Waals surface area contributed by atoms with Crippen LogP contribution in [0.25, 0.3) is 20.9 Å². The van der Waals surface area contributed by atoms with Crippen molar-refractivity contribution in [2.45, 2.75) is 147 Å². The summed E-state index contributed by atoms with van der Waals surface area (Å²) in [6, 6.07) is 25.3. The first-order valence-corrected chi connectivity index (χ1v) is 22.7. The number of rotatable bonds is 21. The fourth-order valence-corrected chi connectivity index (χ4v) is 8.42. The molecule has 6 rings (SSSR count). The minimum Gasteiger partial charge on any atom is -0.463 e. The Morgan fingerprint density at radius 1 is 0.500 bits per heavy atom. The maximum atomic E-state index is 13.0. The number of hydrogen-bond acceptors (Lipinski definition) is 18. The molecule has 3 fully saturated rings. The van der Waals surface area contributed by atoms with Crippen LogP contribution >= 0.6 is 0 Å². The van der Waals surface area contributed by atoms with Crippen molar-refractivity contribution >= 4 is 23.9 Å². The lowest BCUT2D eigenvalue weighted by atomic mass is 9.91. The zero-order chi connectivity index (χ0) is 50.2. The van der Waals surface area contributed by atoms with E-state index in [9.17, 15) is 30.2 Å².